The van der Waals surface area contributed by atoms with E-state index >= 15 is 0 Å². The summed E-state index contributed by atoms with van der Waals surface area (Å²) in [6, 6.07) is 5.54. The Hall–Kier alpha value is -2.59. The first-order chi connectivity index (χ1) is 18.2. The van der Waals surface area contributed by atoms with Gasteiger partial charge in [0.15, 0.2) is 0 Å². The quantitative estimate of drug-likeness (QED) is 0.543. The SMILES string of the molecule is CC[C@@H]1Cc2c(nn(CC(=O)N3CC[C@@H](N4CCOCC4)[C@H]3c3cccc(OC)c3C)c2C(F)(F)F)[C@H]1C. The fourth-order valence-corrected chi connectivity index (χ4v) is 6.79. The average Bonchev–Trinajstić information content (AvgIpc) is 3.57. The molecule has 4 atom stereocenters. The number of morpholine rings is 1. The van der Waals surface area contributed by atoms with Gasteiger partial charge in [0.2, 0.25) is 5.91 Å². The minimum Gasteiger partial charge on any atom is -0.496 e. The zero-order valence-electron chi connectivity index (χ0n) is 22.6. The van der Waals surface area contributed by atoms with E-state index < -0.39 is 18.4 Å². The van der Waals surface area contributed by atoms with Gasteiger partial charge < -0.3 is 14.4 Å². The highest BCUT2D eigenvalue weighted by Gasteiger charge is 2.46. The Bertz CT molecular complexity index is 1170. The molecule has 1 aliphatic carbocycles. The largest absolute Gasteiger partial charge is 0.496 e. The summed E-state index contributed by atoms with van der Waals surface area (Å²) in [5, 5.41) is 4.40. The van der Waals surface area contributed by atoms with Crippen LogP contribution >= 0.6 is 0 Å². The van der Waals surface area contributed by atoms with Crippen LogP contribution in [0, 0.1) is 12.8 Å². The van der Waals surface area contributed by atoms with E-state index in [1.54, 1.807) is 12.0 Å². The molecule has 2 aliphatic heterocycles. The normalized spacial score (nSPS) is 26.1. The molecule has 3 heterocycles. The minimum atomic E-state index is -4.58. The van der Waals surface area contributed by atoms with Crippen molar-refractivity contribution in [3.8, 4) is 5.75 Å². The number of halogens is 3. The second kappa shape index (κ2) is 10.5. The van der Waals surface area contributed by atoms with E-state index in [0.717, 1.165) is 47.5 Å². The summed E-state index contributed by atoms with van der Waals surface area (Å²) in [5.74, 6) is 0.466. The van der Waals surface area contributed by atoms with E-state index in [1.807, 2.05) is 39.0 Å². The number of hydrogen-bond acceptors (Lipinski definition) is 5. The molecule has 0 unspecified atom stereocenters. The van der Waals surface area contributed by atoms with Gasteiger partial charge in [-0.1, -0.05) is 32.4 Å². The summed E-state index contributed by atoms with van der Waals surface area (Å²) >= 11 is 0. The van der Waals surface area contributed by atoms with Crippen molar-refractivity contribution < 1.29 is 27.4 Å². The zero-order chi connectivity index (χ0) is 27.2. The van der Waals surface area contributed by atoms with E-state index in [9.17, 15) is 18.0 Å². The standard InChI is InChI=1S/C28H37F3N4O3/c1-5-19-15-21-25(17(19)2)32-35(27(21)28(29,30)31)16-24(36)34-10-9-22(33-11-13-38-14-12-33)26(34)20-7-6-8-23(37-4)18(20)3/h6-8,17,19,22,26H,5,9-16H2,1-4H3/t17-,19+,22+,26+/m0/s1. The number of ether oxygens (including phenoxy) is 2. The molecular formula is C28H37F3N4O3. The maximum Gasteiger partial charge on any atom is 0.433 e. The van der Waals surface area contributed by atoms with Gasteiger partial charge in [0.1, 0.15) is 18.0 Å². The van der Waals surface area contributed by atoms with Gasteiger partial charge in [0.05, 0.1) is 32.1 Å². The molecule has 0 saturated carbocycles. The van der Waals surface area contributed by atoms with E-state index in [0.29, 0.717) is 31.9 Å². The Morgan fingerprint density at radius 1 is 1.21 bits per heavy atom. The first-order valence-corrected chi connectivity index (χ1v) is 13.6. The molecule has 2 saturated heterocycles. The van der Waals surface area contributed by atoms with Crippen molar-refractivity contribution in [3.05, 3.63) is 46.3 Å². The molecule has 0 spiro atoms. The number of amides is 1. The van der Waals surface area contributed by atoms with E-state index in [1.165, 1.54) is 0 Å². The fraction of sp³-hybridized carbons (Fsp3) is 0.643. The summed E-state index contributed by atoms with van der Waals surface area (Å²) in [6.45, 7) is 8.71. The lowest BCUT2D eigenvalue weighted by Crippen LogP contribution is -2.47. The van der Waals surface area contributed by atoms with Crippen LogP contribution in [0.1, 0.15) is 66.7 Å². The second-order valence-corrected chi connectivity index (χ2v) is 10.7. The Labute approximate surface area is 221 Å². The Morgan fingerprint density at radius 2 is 1.95 bits per heavy atom. The molecule has 7 nitrogen and oxygen atoms in total. The van der Waals surface area contributed by atoms with Gasteiger partial charge in [-0.15, -0.1) is 0 Å². The number of carbonyl (C=O) groups excluding carboxylic acids is 1. The van der Waals surface area contributed by atoms with Crippen molar-refractivity contribution >= 4 is 5.91 Å². The smallest absolute Gasteiger partial charge is 0.433 e. The predicted octanol–water partition coefficient (Wildman–Crippen LogP) is 4.58. The number of methoxy groups -OCH3 is 1. The molecule has 208 valence electrons. The van der Waals surface area contributed by atoms with E-state index in [-0.39, 0.29) is 35.4 Å². The minimum absolute atomic E-state index is 0.0451. The van der Waals surface area contributed by atoms with Crippen molar-refractivity contribution in [1.82, 2.24) is 19.6 Å². The van der Waals surface area contributed by atoms with Crippen molar-refractivity contribution in [3.63, 3.8) is 0 Å². The number of carbonyl (C=O) groups is 1. The number of fused-ring (bicyclic) bond motifs is 1. The molecule has 3 aliphatic rings. The number of nitrogens with zero attached hydrogens (tertiary/aromatic N) is 4. The lowest BCUT2D eigenvalue weighted by atomic mass is 9.94. The third kappa shape index (κ3) is 4.70. The van der Waals surface area contributed by atoms with Crippen LogP contribution in [0.4, 0.5) is 13.2 Å². The second-order valence-electron chi connectivity index (χ2n) is 10.7. The highest BCUT2D eigenvalue weighted by Crippen LogP contribution is 2.45. The topological polar surface area (TPSA) is 59.8 Å². The molecule has 0 radical (unpaired) electrons. The van der Waals surface area contributed by atoms with Gasteiger partial charge in [0, 0.05) is 37.2 Å². The molecule has 1 aromatic heterocycles. The molecule has 0 N–H and O–H groups in total. The van der Waals surface area contributed by atoms with Crippen LogP contribution < -0.4 is 4.74 Å². The van der Waals surface area contributed by atoms with Gasteiger partial charge in [-0.3, -0.25) is 14.4 Å². The molecular weight excluding hydrogens is 497 g/mol. The molecule has 2 fully saturated rings. The summed E-state index contributed by atoms with van der Waals surface area (Å²) in [5.41, 5.74) is 1.89. The van der Waals surface area contributed by atoms with Crippen LogP contribution in [0.5, 0.6) is 5.75 Å². The van der Waals surface area contributed by atoms with Gasteiger partial charge in [-0.2, -0.15) is 18.3 Å². The third-order valence-corrected chi connectivity index (χ3v) is 8.83. The molecule has 38 heavy (non-hydrogen) atoms. The third-order valence-electron chi connectivity index (χ3n) is 8.83. The van der Waals surface area contributed by atoms with Gasteiger partial charge >= 0.3 is 6.18 Å². The number of rotatable bonds is 6. The predicted molar refractivity (Wildman–Crippen MR) is 136 cm³/mol. The Balaban J connectivity index is 1.49. The summed E-state index contributed by atoms with van der Waals surface area (Å²) in [6.07, 6.45) is -2.69. The van der Waals surface area contributed by atoms with Crippen molar-refractivity contribution in [2.24, 2.45) is 5.92 Å². The maximum atomic E-state index is 14.3. The molecule has 10 heteroatoms. The Morgan fingerprint density at radius 3 is 2.61 bits per heavy atom. The average molecular weight is 535 g/mol. The van der Waals surface area contributed by atoms with Crippen LogP contribution in [0.15, 0.2) is 18.2 Å². The summed E-state index contributed by atoms with van der Waals surface area (Å²) < 4.78 is 54.9. The molecule has 0 bridgehead atoms. The van der Waals surface area contributed by atoms with Gasteiger partial charge in [-0.05, 0) is 42.9 Å². The van der Waals surface area contributed by atoms with Crippen molar-refractivity contribution in [1.29, 1.82) is 0 Å². The molecule has 1 aromatic carbocycles. The highest BCUT2D eigenvalue weighted by atomic mass is 19.4. The number of aromatic nitrogens is 2. The highest BCUT2D eigenvalue weighted by molar-refractivity contribution is 5.77. The van der Waals surface area contributed by atoms with Crippen molar-refractivity contribution in [2.45, 2.75) is 70.8 Å². The zero-order valence-corrected chi connectivity index (χ0v) is 22.6. The van der Waals surface area contributed by atoms with Crippen molar-refractivity contribution in [2.75, 3.05) is 40.0 Å². The first kappa shape index (κ1) is 27.0. The number of benzene rings is 1. The van der Waals surface area contributed by atoms with Crippen LogP contribution in [-0.4, -0.2) is 71.5 Å². The number of alkyl halides is 3. The van der Waals surface area contributed by atoms with E-state index in [2.05, 4.69) is 10.00 Å². The monoisotopic (exact) mass is 534 g/mol. The molecule has 2 aromatic rings. The molecule has 5 rings (SSSR count). The van der Waals surface area contributed by atoms with Gasteiger partial charge in [-0.25, -0.2) is 0 Å². The van der Waals surface area contributed by atoms with Crippen LogP contribution in [0.2, 0.25) is 0 Å². The van der Waals surface area contributed by atoms with Crippen LogP contribution in [-0.2, 0) is 28.7 Å². The lowest BCUT2D eigenvalue weighted by molar-refractivity contribution is -0.146. The summed E-state index contributed by atoms with van der Waals surface area (Å²) in [7, 11) is 1.61. The Kier molecular flexibility index (Phi) is 7.48. The lowest BCUT2D eigenvalue weighted by Gasteiger charge is -2.38. The first-order valence-electron chi connectivity index (χ1n) is 13.6. The van der Waals surface area contributed by atoms with E-state index in [4.69, 9.17) is 9.47 Å². The molecule has 1 amide bonds. The number of hydrogen-bond donors (Lipinski definition) is 0. The van der Waals surface area contributed by atoms with Crippen LogP contribution in [0.25, 0.3) is 0 Å². The van der Waals surface area contributed by atoms with Crippen LogP contribution in [0.3, 0.4) is 0 Å². The maximum absolute atomic E-state index is 14.3. The summed E-state index contributed by atoms with van der Waals surface area (Å²) in [4.78, 5) is 17.9. The number of likely N-dealkylation sites (tertiary alicyclic amines) is 1. The fourth-order valence-electron chi connectivity index (χ4n) is 6.79. The van der Waals surface area contributed by atoms with Gasteiger partial charge in [0.25, 0.3) is 0 Å².